The molecule has 3 N–H and O–H groups in total. The second-order valence-electron chi connectivity index (χ2n) is 6.20. The van der Waals surface area contributed by atoms with Crippen molar-refractivity contribution in [1.29, 1.82) is 0 Å². The molecule has 1 aromatic carbocycles. The van der Waals surface area contributed by atoms with Crippen molar-refractivity contribution in [3.8, 4) is 17.2 Å². The Morgan fingerprint density at radius 1 is 1.41 bits per heavy atom. The minimum atomic E-state index is -2.93. The highest BCUT2D eigenvalue weighted by atomic mass is 127. The molecule has 2 heterocycles. The molecule has 0 spiro atoms. The molecular formula is C17H25F2IN4O3. The Labute approximate surface area is 174 Å². The van der Waals surface area contributed by atoms with Gasteiger partial charge in [0.25, 0.3) is 0 Å². The SMILES string of the molecule is CCN1CCCC1CNC(N)=NCc1cc2c(cc1OC(F)F)OCO2.I. The van der Waals surface area contributed by atoms with E-state index in [1.54, 1.807) is 6.07 Å². The number of nitrogens with two attached hydrogens (primary N) is 1. The minimum Gasteiger partial charge on any atom is -0.454 e. The number of ether oxygens (including phenoxy) is 3. The van der Waals surface area contributed by atoms with E-state index in [4.69, 9.17) is 15.2 Å². The second-order valence-corrected chi connectivity index (χ2v) is 6.20. The Balaban J connectivity index is 0.00000261. The number of likely N-dealkylation sites (N-methyl/N-ethyl adjacent to an activating group) is 1. The molecule has 1 fully saturated rings. The molecule has 1 unspecified atom stereocenters. The first-order valence-corrected chi connectivity index (χ1v) is 8.72. The van der Waals surface area contributed by atoms with E-state index in [2.05, 4.69) is 26.9 Å². The lowest BCUT2D eigenvalue weighted by Crippen LogP contribution is -2.42. The summed E-state index contributed by atoms with van der Waals surface area (Å²) in [4.78, 5) is 6.64. The van der Waals surface area contributed by atoms with Crippen molar-refractivity contribution in [3.63, 3.8) is 0 Å². The van der Waals surface area contributed by atoms with Crippen molar-refractivity contribution < 1.29 is 23.0 Å². The molecule has 0 radical (unpaired) electrons. The van der Waals surface area contributed by atoms with Gasteiger partial charge in [-0.1, -0.05) is 6.92 Å². The van der Waals surface area contributed by atoms with Gasteiger partial charge < -0.3 is 25.3 Å². The topological polar surface area (TPSA) is 81.3 Å². The van der Waals surface area contributed by atoms with Crippen LogP contribution in [0.1, 0.15) is 25.3 Å². The Bertz CT molecular complexity index is 663. The van der Waals surface area contributed by atoms with Crippen LogP contribution in [0, 0.1) is 0 Å². The van der Waals surface area contributed by atoms with Gasteiger partial charge in [0.15, 0.2) is 17.5 Å². The number of benzene rings is 1. The van der Waals surface area contributed by atoms with E-state index in [0.29, 0.717) is 29.6 Å². The maximum Gasteiger partial charge on any atom is 0.387 e. The van der Waals surface area contributed by atoms with E-state index in [9.17, 15) is 8.78 Å². The summed E-state index contributed by atoms with van der Waals surface area (Å²) >= 11 is 0. The van der Waals surface area contributed by atoms with Gasteiger partial charge in [0.1, 0.15) is 5.75 Å². The Morgan fingerprint density at radius 3 is 2.85 bits per heavy atom. The second kappa shape index (κ2) is 10.1. The molecule has 10 heteroatoms. The van der Waals surface area contributed by atoms with Gasteiger partial charge in [-0.15, -0.1) is 24.0 Å². The van der Waals surface area contributed by atoms with E-state index in [-0.39, 0.29) is 49.0 Å². The maximum absolute atomic E-state index is 12.6. The quantitative estimate of drug-likeness (QED) is 0.342. The van der Waals surface area contributed by atoms with E-state index in [1.807, 2.05) is 0 Å². The van der Waals surface area contributed by atoms with Gasteiger partial charge >= 0.3 is 6.61 Å². The number of hydrogen-bond acceptors (Lipinski definition) is 5. The number of likely N-dealkylation sites (tertiary alicyclic amines) is 1. The zero-order valence-corrected chi connectivity index (χ0v) is 17.5. The monoisotopic (exact) mass is 498 g/mol. The molecule has 2 aliphatic rings. The van der Waals surface area contributed by atoms with Crippen LogP contribution in [0.5, 0.6) is 17.2 Å². The molecule has 7 nitrogen and oxygen atoms in total. The normalized spacial score (nSPS) is 19.3. The predicted molar refractivity (Wildman–Crippen MR) is 108 cm³/mol. The van der Waals surface area contributed by atoms with Crippen LogP contribution in [-0.4, -0.2) is 49.9 Å². The van der Waals surface area contributed by atoms with Crippen LogP contribution in [-0.2, 0) is 6.54 Å². The average Bonchev–Trinajstić information content (AvgIpc) is 3.25. The number of nitrogens with zero attached hydrogens (tertiary/aromatic N) is 2. The van der Waals surface area contributed by atoms with Crippen molar-refractivity contribution in [1.82, 2.24) is 10.2 Å². The number of guanidine groups is 1. The molecule has 2 aliphatic heterocycles. The van der Waals surface area contributed by atoms with Gasteiger partial charge in [0.05, 0.1) is 6.54 Å². The summed E-state index contributed by atoms with van der Waals surface area (Å²) in [5.74, 6) is 1.13. The average molecular weight is 498 g/mol. The molecule has 27 heavy (non-hydrogen) atoms. The fourth-order valence-corrected chi connectivity index (χ4v) is 3.29. The largest absolute Gasteiger partial charge is 0.454 e. The minimum absolute atomic E-state index is 0. The van der Waals surface area contributed by atoms with Gasteiger partial charge in [-0.05, 0) is 32.0 Å². The number of alkyl halides is 2. The number of nitrogens with one attached hydrogen (secondary N) is 1. The first kappa shape index (κ1) is 21.7. The van der Waals surface area contributed by atoms with Crippen molar-refractivity contribution in [2.75, 3.05) is 26.4 Å². The van der Waals surface area contributed by atoms with Gasteiger partial charge in [0.2, 0.25) is 6.79 Å². The number of hydrogen-bond donors (Lipinski definition) is 2. The van der Waals surface area contributed by atoms with Gasteiger partial charge in [-0.3, -0.25) is 4.90 Å². The summed E-state index contributed by atoms with van der Waals surface area (Å²) < 4.78 is 40.3. The molecule has 3 rings (SSSR count). The van der Waals surface area contributed by atoms with E-state index >= 15 is 0 Å². The first-order valence-electron chi connectivity index (χ1n) is 8.72. The highest BCUT2D eigenvalue weighted by molar-refractivity contribution is 14.0. The zero-order valence-electron chi connectivity index (χ0n) is 15.1. The van der Waals surface area contributed by atoms with E-state index in [1.165, 1.54) is 12.5 Å². The first-order chi connectivity index (χ1) is 12.6. The summed E-state index contributed by atoms with van der Waals surface area (Å²) in [5.41, 5.74) is 6.38. The third kappa shape index (κ3) is 5.71. The highest BCUT2D eigenvalue weighted by Crippen LogP contribution is 2.39. The highest BCUT2D eigenvalue weighted by Gasteiger charge is 2.23. The van der Waals surface area contributed by atoms with E-state index in [0.717, 1.165) is 19.5 Å². The van der Waals surface area contributed by atoms with Crippen molar-refractivity contribution in [2.24, 2.45) is 10.7 Å². The van der Waals surface area contributed by atoms with Gasteiger partial charge in [0, 0.05) is 24.2 Å². The third-order valence-electron chi connectivity index (χ3n) is 4.62. The molecule has 0 aliphatic carbocycles. The number of fused-ring (bicyclic) bond motifs is 1. The molecule has 1 saturated heterocycles. The maximum atomic E-state index is 12.6. The summed E-state index contributed by atoms with van der Waals surface area (Å²) in [6.45, 7) is 2.18. The zero-order chi connectivity index (χ0) is 18.5. The summed E-state index contributed by atoms with van der Waals surface area (Å²) in [6, 6.07) is 3.42. The predicted octanol–water partition coefficient (Wildman–Crippen LogP) is 2.52. The Kier molecular flexibility index (Phi) is 8.14. The van der Waals surface area contributed by atoms with Crippen LogP contribution in [0.15, 0.2) is 17.1 Å². The molecule has 1 atom stereocenters. The number of aliphatic imine (C=N–C) groups is 1. The van der Waals surface area contributed by atoms with E-state index < -0.39 is 6.61 Å². The van der Waals surface area contributed by atoms with Crippen molar-refractivity contribution in [2.45, 2.75) is 39.0 Å². The molecule has 0 aromatic heterocycles. The standard InChI is InChI=1S/C17H24F2N4O3.HI/c1-2-23-5-3-4-12(23)9-22-17(20)21-8-11-6-14-15(25-10-24-14)7-13(11)26-16(18)19;/h6-7,12,16H,2-5,8-10H2,1H3,(H3,20,21,22);1H. The Hall–Kier alpha value is -1.56. The molecule has 0 amide bonds. The molecule has 1 aromatic rings. The lowest BCUT2D eigenvalue weighted by atomic mass is 10.1. The van der Waals surface area contributed by atoms with Crippen LogP contribution >= 0.6 is 24.0 Å². The summed E-state index contributed by atoms with van der Waals surface area (Å²) in [7, 11) is 0. The van der Waals surface area contributed by atoms with Crippen LogP contribution in [0.3, 0.4) is 0 Å². The Morgan fingerprint density at radius 2 is 2.15 bits per heavy atom. The van der Waals surface area contributed by atoms with Gasteiger partial charge in [-0.2, -0.15) is 8.78 Å². The van der Waals surface area contributed by atoms with Crippen LogP contribution in [0.4, 0.5) is 8.78 Å². The fourth-order valence-electron chi connectivity index (χ4n) is 3.29. The van der Waals surface area contributed by atoms with Crippen molar-refractivity contribution in [3.05, 3.63) is 17.7 Å². The molecular weight excluding hydrogens is 473 g/mol. The number of rotatable bonds is 7. The van der Waals surface area contributed by atoms with Gasteiger partial charge in [-0.25, -0.2) is 4.99 Å². The molecule has 152 valence electrons. The third-order valence-corrected chi connectivity index (χ3v) is 4.62. The van der Waals surface area contributed by atoms with Crippen LogP contribution in [0.25, 0.3) is 0 Å². The fraction of sp³-hybridized carbons (Fsp3) is 0.588. The number of halogens is 3. The van der Waals surface area contributed by atoms with Crippen LogP contribution in [0.2, 0.25) is 0 Å². The molecule has 0 saturated carbocycles. The van der Waals surface area contributed by atoms with Crippen LogP contribution < -0.4 is 25.3 Å². The smallest absolute Gasteiger partial charge is 0.387 e. The van der Waals surface area contributed by atoms with Crippen molar-refractivity contribution >= 4 is 29.9 Å². The summed E-state index contributed by atoms with van der Waals surface area (Å²) in [6.07, 6.45) is 2.31. The molecule has 0 bridgehead atoms. The summed E-state index contributed by atoms with van der Waals surface area (Å²) in [5, 5.41) is 3.11. The lowest BCUT2D eigenvalue weighted by Gasteiger charge is -2.23. The lowest BCUT2D eigenvalue weighted by molar-refractivity contribution is -0.0505.